The third kappa shape index (κ3) is 12.5. The number of hydrogen-bond donors (Lipinski definition) is 2. The fourth-order valence-corrected chi connectivity index (χ4v) is 6.93. The van der Waals surface area contributed by atoms with Crippen LogP contribution in [-0.4, -0.2) is 194 Å². The topological polar surface area (TPSA) is 199 Å². The maximum atomic E-state index is 12.8. The number of carbonyl (C=O) groups is 8. The average Bonchev–Trinajstić information content (AvgIpc) is 3.25. The normalized spacial score (nSPS) is 17.6. The lowest BCUT2D eigenvalue weighted by Gasteiger charge is -2.34. The van der Waals surface area contributed by atoms with Crippen LogP contribution in [0, 0.1) is 0 Å². The number of piperazine rings is 4. The molecule has 18 heteroatoms. The summed E-state index contributed by atoms with van der Waals surface area (Å²) in [4.78, 5) is 110. The zero-order valence-corrected chi connectivity index (χ0v) is 32.0. The molecular weight excluding hydrogens is 728 g/mol. The standard InChI is InChI=1S/C38H54N8O10/c47-31(3-1-5-33(49)41-15-11-39-12-16-41)37(53)45-23-19-43(20-24-45)35(51)27-55-29-7-9-30(10-8-29)56-28-36(52)44-21-25-46(26-22-44)38(54)32(48)4-2-6-34(50)42-17-13-40-14-18-42/h7-10,39-40H,1-6,11-28H2. The molecule has 18 nitrogen and oxygen atoms in total. The van der Waals surface area contributed by atoms with Crippen molar-refractivity contribution in [2.45, 2.75) is 38.5 Å². The van der Waals surface area contributed by atoms with Gasteiger partial charge < -0.3 is 49.5 Å². The van der Waals surface area contributed by atoms with Gasteiger partial charge in [0.25, 0.3) is 23.6 Å². The Morgan fingerprint density at radius 1 is 0.411 bits per heavy atom. The van der Waals surface area contributed by atoms with Gasteiger partial charge in [-0.25, -0.2) is 0 Å². The monoisotopic (exact) mass is 782 g/mol. The summed E-state index contributed by atoms with van der Waals surface area (Å²) in [6.07, 6.45) is 1.14. The van der Waals surface area contributed by atoms with Gasteiger partial charge in [-0.15, -0.1) is 0 Å². The maximum Gasteiger partial charge on any atom is 0.290 e. The van der Waals surface area contributed by atoms with E-state index in [2.05, 4.69) is 10.6 Å². The van der Waals surface area contributed by atoms with E-state index in [0.717, 1.165) is 26.2 Å². The maximum absolute atomic E-state index is 12.8. The van der Waals surface area contributed by atoms with Gasteiger partial charge in [0.05, 0.1) is 0 Å². The third-order valence-corrected chi connectivity index (χ3v) is 10.4. The molecule has 0 radical (unpaired) electrons. The summed E-state index contributed by atoms with van der Waals surface area (Å²) in [5.41, 5.74) is 0. The summed E-state index contributed by atoms with van der Waals surface area (Å²) in [5, 5.41) is 6.38. The van der Waals surface area contributed by atoms with E-state index in [0.29, 0.717) is 50.5 Å². The van der Waals surface area contributed by atoms with Gasteiger partial charge in [0.15, 0.2) is 13.2 Å². The fraction of sp³-hybridized carbons (Fsp3) is 0.632. The van der Waals surface area contributed by atoms with E-state index in [-0.39, 0.29) is 115 Å². The first-order valence-electron chi connectivity index (χ1n) is 19.6. The van der Waals surface area contributed by atoms with Crippen molar-refractivity contribution in [2.75, 3.05) is 118 Å². The number of ether oxygens (including phenoxy) is 2. The summed E-state index contributed by atoms with van der Waals surface area (Å²) in [6, 6.07) is 6.48. The highest BCUT2D eigenvalue weighted by molar-refractivity contribution is 6.36. The molecule has 4 heterocycles. The Hall–Kier alpha value is -5.10. The van der Waals surface area contributed by atoms with E-state index >= 15 is 0 Å². The molecule has 4 saturated heterocycles. The van der Waals surface area contributed by atoms with E-state index in [4.69, 9.17) is 9.47 Å². The van der Waals surface area contributed by atoms with E-state index in [1.54, 1.807) is 43.9 Å². The molecular formula is C38H54N8O10. The van der Waals surface area contributed by atoms with Crippen LogP contribution in [0.1, 0.15) is 38.5 Å². The Labute approximate surface area is 326 Å². The largest absolute Gasteiger partial charge is 0.484 e. The molecule has 1 aromatic rings. The molecule has 4 aliphatic rings. The number of ketones is 2. The number of carbonyl (C=O) groups excluding carboxylic acids is 8. The van der Waals surface area contributed by atoms with Crippen molar-refractivity contribution in [2.24, 2.45) is 0 Å². The smallest absolute Gasteiger partial charge is 0.290 e. The van der Waals surface area contributed by atoms with Crippen molar-refractivity contribution < 1.29 is 47.8 Å². The van der Waals surface area contributed by atoms with Gasteiger partial charge in [0, 0.05) is 130 Å². The number of hydrogen-bond acceptors (Lipinski definition) is 12. The molecule has 0 saturated carbocycles. The molecule has 6 amide bonds. The van der Waals surface area contributed by atoms with Crippen LogP contribution in [-0.2, 0) is 38.4 Å². The summed E-state index contributed by atoms with van der Waals surface area (Å²) in [6.45, 7) is 7.19. The number of amides is 6. The average molecular weight is 783 g/mol. The van der Waals surface area contributed by atoms with Crippen LogP contribution >= 0.6 is 0 Å². The Balaban J connectivity index is 0.915. The number of nitrogens with one attached hydrogen (secondary N) is 2. The van der Waals surface area contributed by atoms with Crippen molar-refractivity contribution >= 4 is 47.0 Å². The predicted octanol–water partition coefficient (Wildman–Crippen LogP) is -1.87. The lowest BCUT2D eigenvalue weighted by atomic mass is 10.1. The predicted molar refractivity (Wildman–Crippen MR) is 200 cm³/mol. The van der Waals surface area contributed by atoms with Gasteiger partial charge in [-0.1, -0.05) is 0 Å². The number of nitrogens with zero attached hydrogens (tertiary/aromatic N) is 6. The molecule has 5 rings (SSSR count). The minimum Gasteiger partial charge on any atom is -0.484 e. The van der Waals surface area contributed by atoms with Crippen molar-refractivity contribution in [3.63, 3.8) is 0 Å². The third-order valence-electron chi connectivity index (χ3n) is 10.4. The first-order chi connectivity index (χ1) is 27.1. The molecule has 306 valence electrons. The quantitative estimate of drug-likeness (QED) is 0.178. The van der Waals surface area contributed by atoms with E-state index in [1.165, 1.54) is 9.80 Å². The Morgan fingerprint density at radius 3 is 1.05 bits per heavy atom. The van der Waals surface area contributed by atoms with Gasteiger partial charge in [0.2, 0.25) is 23.4 Å². The van der Waals surface area contributed by atoms with E-state index in [1.807, 2.05) is 0 Å². The first-order valence-corrected chi connectivity index (χ1v) is 19.6. The molecule has 0 bridgehead atoms. The summed E-state index contributed by atoms with van der Waals surface area (Å²) >= 11 is 0. The molecule has 0 aromatic heterocycles. The SMILES string of the molecule is O=C(CCCC(=O)N1CCNCC1)C(=O)N1CCN(C(=O)COc2ccc(OCC(=O)N3CCN(C(=O)C(=O)CCCC(=O)N4CCNCC4)CC3)cc2)CC1. The highest BCUT2D eigenvalue weighted by atomic mass is 16.5. The number of Topliss-reactive ketones (excluding diaryl/α,β-unsaturated/α-hetero) is 2. The van der Waals surface area contributed by atoms with Crippen LogP contribution in [0.2, 0.25) is 0 Å². The minimum absolute atomic E-state index is 0.00282. The van der Waals surface area contributed by atoms with Crippen LogP contribution in [0.3, 0.4) is 0 Å². The van der Waals surface area contributed by atoms with Crippen LogP contribution in [0.25, 0.3) is 0 Å². The zero-order valence-electron chi connectivity index (χ0n) is 32.0. The fourth-order valence-electron chi connectivity index (χ4n) is 6.93. The number of rotatable bonds is 16. The van der Waals surface area contributed by atoms with Gasteiger partial charge in [-0.05, 0) is 37.1 Å². The number of benzene rings is 1. The van der Waals surface area contributed by atoms with Crippen molar-refractivity contribution in [3.8, 4) is 11.5 Å². The second-order valence-electron chi connectivity index (χ2n) is 14.2. The second-order valence-corrected chi connectivity index (χ2v) is 14.2. The van der Waals surface area contributed by atoms with Crippen LogP contribution in [0.15, 0.2) is 24.3 Å². The molecule has 56 heavy (non-hydrogen) atoms. The highest BCUT2D eigenvalue weighted by Crippen LogP contribution is 2.18. The van der Waals surface area contributed by atoms with Crippen molar-refractivity contribution in [1.29, 1.82) is 0 Å². The molecule has 2 N–H and O–H groups in total. The highest BCUT2D eigenvalue weighted by Gasteiger charge is 2.30. The molecule has 4 aliphatic heterocycles. The Bertz CT molecular complexity index is 1450. The van der Waals surface area contributed by atoms with Gasteiger partial charge in [-0.3, -0.25) is 38.4 Å². The van der Waals surface area contributed by atoms with Gasteiger partial charge in [-0.2, -0.15) is 0 Å². The first kappa shape index (κ1) is 42.1. The second kappa shape index (κ2) is 21.3. The van der Waals surface area contributed by atoms with E-state index < -0.39 is 23.4 Å². The van der Waals surface area contributed by atoms with Gasteiger partial charge in [0.1, 0.15) is 11.5 Å². The zero-order chi connectivity index (χ0) is 39.9. The van der Waals surface area contributed by atoms with Crippen LogP contribution in [0.5, 0.6) is 11.5 Å². The lowest BCUT2D eigenvalue weighted by Crippen LogP contribution is -2.53. The van der Waals surface area contributed by atoms with Crippen molar-refractivity contribution in [1.82, 2.24) is 40.0 Å². The lowest BCUT2D eigenvalue weighted by molar-refractivity contribution is -0.148. The molecule has 4 fully saturated rings. The Morgan fingerprint density at radius 2 is 0.714 bits per heavy atom. The molecule has 1 aromatic carbocycles. The van der Waals surface area contributed by atoms with Crippen LogP contribution < -0.4 is 20.1 Å². The Kier molecular flexibility index (Phi) is 16.0. The minimum atomic E-state index is -0.585. The summed E-state index contributed by atoms with van der Waals surface area (Å²) in [7, 11) is 0. The van der Waals surface area contributed by atoms with Crippen molar-refractivity contribution in [3.05, 3.63) is 24.3 Å². The molecule has 0 unspecified atom stereocenters. The molecule has 0 spiro atoms. The van der Waals surface area contributed by atoms with Crippen LogP contribution in [0.4, 0.5) is 0 Å². The molecule has 0 atom stereocenters. The summed E-state index contributed by atoms with van der Waals surface area (Å²) in [5.74, 6) is -1.90. The summed E-state index contributed by atoms with van der Waals surface area (Å²) < 4.78 is 11.3. The molecule has 0 aliphatic carbocycles. The van der Waals surface area contributed by atoms with E-state index in [9.17, 15) is 38.4 Å². The van der Waals surface area contributed by atoms with Gasteiger partial charge >= 0.3 is 0 Å².